The van der Waals surface area contributed by atoms with E-state index >= 15 is 0 Å². The second kappa shape index (κ2) is 8.86. The third-order valence-electron chi connectivity index (χ3n) is 4.49. The van der Waals surface area contributed by atoms with E-state index in [0.717, 1.165) is 47.1 Å². The quantitative estimate of drug-likeness (QED) is 0.468. The van der Waals surface area contributed by atoms with E-state index in [-0.39, 0.29) is 0 Å². The number of aromatic hydroxyl groups is 1. The number of rotatable bonds is 7. The number of phenols is 1. The van der Waals surface area contributed by atoms with Crippen molar-refractivity contribution in [2.24, 2.45) is 0 Å². The Hall–Kier alpha value is -3.33. The highest BCUT2D eigenvalue weighted by Gasteiger charge is 2.03. The molecule has 0 amide bonds. The molecule has 136 valence electrons. The van der Waals surface area contributed by atoms with Gasteiger partial charge in [-0.15, -0.1) is 0 Å². The minimum Gasteiger partial charge on any atom is -0.508 e. The van der Waals surface area contributed by atoms with Crippen molar-refractivity contribution in [2.75, 3.05) is 7.11 Å². The van der Waals surface area contributed by atoms with Crippen molar-refractivity contribution in [3.05, 3.63) is 94.5 Å². The molecule has 0 radical (unpaired) electrons. The maximum absolute atomic E-state index is 10.7. The number of hydrogen-bond donors (Lipinski definition) is 1. The average molecular weight is 358 g/mol. The molecule has 3 heteroatoms. The van der Waals surface area contributed by atoms with Crippen molar-refractivity contribution >= 4 is 18.4 Å². The molecule has 3 aromatic rings. The molecule has 0 spiro atoms. The molecule has 0 saturated carbocycles. The molecule has 3 nitrogen and oxygen atoms in total. The van der Waals surface area contributed by atoms with Crippen LogP contribution in [0, 0.1) is 0 Å². The second-order valence-corrected chi connectivity index (χ2v) is 6.35. The Morgan fingerprint density at radius 3 is 2.07 bits per heavy atom. The Labute approximate surface area is 159 Å². The molecule has 27 heavy (non-hydrogen) atoms. The summed E-state index contributed by atoms with van der Waals surface area (Å²) < 4.78 is 5.15. The summed E-state index contributed by atoms with van der Waals surface area (Å²) in [6.45, 7) is 0. The third-order valence-corrected chi connectivity index (χ3v) is 4.49. The highest BCUT2D eigenvalue weighted by molar-refractivity contribution is 5.74. The van der Waals surface area contributed by atoms with Gasteiger partial charge in [0.2, 0.25) is 0 Å². The standard InChI is InChI=1S/C24H22O3/c1-27-23-14-10-19(11-15-23)2-5-20-9-13-22(24(26)16-20)12-8-18-3-6-21(17-25)7-4-18/h2-7,9-11,13-17,26H,8,12H2,1H3/b5-2+. The van der Waals surface area contributed by atoms with Crippen LogP contribution in [0.3, 0.4) is 0 Å². The Morgan fingerprint density at radius 2 is 1.44 bits per heavy atom. The van der Waals surface area contributed by atoms with E-state index in [1.54, 1.807) is 13.2 Å². The minimum absolute atomic E-state index is 0.302. The van der Waals surface area contributed by atoms with Crippen LogP contribution in [0.5, 0.6) is 11.5 Å². The number of hydrogen-bond acceptors (Lipinski definition) is 3. The Morgan fingerprint density at radius 1 is 0.815 bits per heavy atom. The molecule has 0 saturated heterocycles. The first-order valence-electron chi connectivity index (χ1n) is 8.86. The summed E-state index contributed by atoms with van der Waals surface area (Å²) in [7, 11) is 1.65. The van der Waals surface area contributed by atoms with Crippen LogP contribution in [-0.4, -0.2) is 18.5 Å². The molecule has 0 aliphatic heterocycles. The van der Waals surface area contributed by atoms with Gasteiger partial charge in [-0.25, -0.2) is 0 Å². The third kappa shape index (κ3) is 5.08. The first kappa shape index (κ1) is 18.5. The summed E-state index contributed by atoms with van der Waals surface area (Å²) >= 11 is 0. The van der Waals surface area contributed by atoms with Crippen LogP contribution >= 0.6 is 0 Å². The van der Waals surface area contributed by atoms with E-state index in [4.69, 9.17) is 4.74 Å². The van der Waals surface area contributed by atoms with Crippen LogP contribution < -0.4 is 4.74 Å². The molecule has 0 aromatic heterocycles. The van der Waals surface area contributed by atoms with Crippen molar-refractivity contribution in [1.29, 1.82) is 0 Å². The Kier molecular flexibility index (Phi) is 6.06. The Balaban J connectivity index is 1.63. The summed E-state index contributed by atoms with van der Waals surface area (Å²) in [5.41, 5.74) is 4.75. The normalized spacial score (nSPS) is 10.9. The van der Waals surface area contributed by atoms with Gasteiger partial charge in [-0.3, -0.25) is 4.79 Å². The maximum atomic E-state index is 10.7. The molecular weight excluding hydrogens is 336 g/mol. The summed E-state index contributed by atoms with van der Waals surface area (Å²) in [5.74, 6) is 1.13. The van der Waals surface area contributed by atoms with Crippen LogP contribution in [0.2, 0.25) is 0 Å². The van der Waals surface area contributed by atoms with E-state index in [1.165, 1.54) is 0 Å². The number of carbonyl (C=O) groups is 1. The summed E-state index contributed by atoms with van der Waals surface area (Å²) in [6.07, 6.45) is 6.38. The summed E-state index contributed by atoms with van der Waals surface area (Å²) in [4.78, 5) is 10.7. The number of methoxy groups -OCH3 is 1. The van der Waals surface area contributed by atoms with Gasteiger partial charge < -0.3 is 9.84 Å². The van der Waals surface area contributed by atoms with Crippen molar-refractivity contribution in [1.82, 2.24) is 0 Å². The number of aldehydes is 1. The monoisotopic (exact) mass is 358 g/mol. The van der Waals surface area contributed by atoms with Crippen molar-refractivity contribution in [3.63, 3.8) is 0 Å². The number of phenolic OH excluding ortho intramolecular Hbond substituents is 1. The highest BCUT2D eigenvalue weighted by Crippen LogP contribution is 2.22. The fourth-order valence-electron chi connectivity index (χ4n) is 2.85. The van der Waals surface area contributed by atoms with Crippen molar-refractivity contribution in [2.45, 2.75) is 12.8 Å². The predicted molar refractivity (Wildman–Crippen MR) is 109 cm³/mol. The molecule has 0 fully saturated rings. The topological polar surface area (TPSA) is 46.5 Å². The zero-order valence-electron chi connectivity index (χ0n) is 15.3. The Bertz CT molecular complexity index is 923. The second-order valence-electron chi connectivity index (χ2n) is 6.35. The van der Waals surface area contributed by atoms with Crippen LogP contribution in [0.1, 0.15) is 32.6 Å². The van der Waals surface area contributed by atoms with Gasteiger partial charge in [-0.05, 0) is 53.3 Å². The van der Waals surface area contributed by atoms with Gasteiger partial charge in [-0.2, -0.15) is 0 Å². The zero-order chi connectivity index (χ0) is 19.1. The van der Waals surface area contributed by atoms with Gasteiger partial charge in [0.1, 0.15) is 17.8 Å². The van der Waals surface area contributed by atoms with Gasteiger partial charge in [0, 0.05) is 5.56 Å². The fourth-order valence-corrected chi connectivity index (χ4v) is 2.85. The van der Waals surface area contributed by atoms with Crippen LogP contribution in [0.15, 0.2) is 66.7 Å². The lowest BCUT2D eigenvalue weighted by Crippen LogP contribution is -1.93. The van der Waals surface area contributed by atoms with Gasteiger partial charge >= 0.3 is 0 Å². The predicted octanol–water partition coefficient (Wildman–Crippen LogP) is 5.17. The number of benzene rings is 3. The summed E-state index contributed by atoms with van der Waals surface area (Å²) in [5, 5.41) is 10.3. The first-order valence-corrected chi connectivity index (χ1v) is 8.86. The fraction of sp³-hybridized carbons (Fsp3) is 0.125. The van der Waals surface area contributed by atoms with Gasteiger partial charge in [0.25, 0.3) is 0 Å². The number of ether oxygens (including phenoxy) is 1. The number of carbonyl (C=O) groups excluding carboxylic acids is 1. The van der Waals surface area contributed by atoms with E-state index in [2.05, 4.69) is 0 Å². The average Bonchev–Trinajstić information content (AvgIpc) is 2.72. The molecular formula is C24H22O3. The highest BCUT2D eigenvalue weighted by atomic mass is 16.5. The molecule has 3 rings (SSSR count). The minimum atomic E-state index is 0.302. The SMILES string of the molecule is COc1ccc(/C=C/c2ccc(CCc3ccc(C=O)cc3)c(O)c2)cc1. The lowest BCUT2D eigenvalue weighted by molar-refractivity contribution is 0.112. The van der Waals surface area contributed by atoms with Gasteiger partial charge in [0.15, 0.2) is 0 Å². The molecule has 3 aromatic carbocycles. The van der Waals surface area contributed by atoms with Crippen LogP contribution in [0.4, 0.5) is 0 Å². The van der Waals surface area contributed by atoms with E-state index in [1.807, 2.05) is 72.8 Å². The van der Waals surface area contributed by atoms with E-state index in [0.29, 0.717) is 11.3 Å². The molecule has 0 heterocycles. The van der Waals surface area contributed by atoms with Crippen LogP contribution in [-0.2, 0) is 12.8 Å². The largest absolute Gasteiger partial charge is 0.508 e. The number of aryl methyl sites for hydroxylation is 2. The van der Waals surface area contributed by atoms with Gasteiger partial charge in [0.05, 0.1) is 7.11 Å². The lowest BCUT2D eigenvalue weighted by Gasteiger charge is -2.06. The van der Waals surface area contributed by atoms with Crippen molar-refractivity contribution < 1.29 is 14.6 Å². The van der Waals surface area contributed by atoms with E-state index in [9.17, 15) is 9.90 Å². The molecule has 1 N–H and O–H groups in total. The zero-order valence-corrected chi connectivity index (χ0v) is 15.3. The molecule has 0 bridgehead atoms. The molecule has 0 aliphatic rings. The maximum Gasteiger partial charge on any atom is 0.150 e. The molecule has 0 atom stereocenters. The van der Waals surface area contributed by atoms with E-state index < -0.39 is 0 Å². The lowest BCUT2D eigenvalue weighted by atomic mass is 10.0. The van der Waals surface area contributed by atoms with Crippen LogP contribution in [0.25, 0.3) is 12.2 Å². The smallest absolute Gasteiger partial charge is 0.150 e. The summed E-state index contributed by atoms with van der Waals surface area (Å²) in [6, 6.07) is 21.1. The molecule has 0 aliphatic carbocycles. The van der Waals surface area contributed by atoms with Gasteiger partial charge in [-0.1, -0.05) is 60.7 Å². The first-order chi connectivity index (χ1) is 13.2. The molecule has 0 unspecified atom stereocenters. The van der Waals surface area contributed by atoms with Crippen molar-refractivity contribution in [3.8, 4) is 11.5 Å².